The second-order valence-corrected chi connectivity index (χ2v) is 5.50. The Balaban J connectivity index is 1.91. The molecule has 0 saturated carbocycles. The van der Waals surface area contributed by atoms with Crippen molar-refractivity contribution in [1.29, 1.82) is 5.26 Å². The van der Waals surface area contributed by atoms with E-state index in [0.29, 0.717) is 17.8 Å². The van der Waals surface area contributed by atoms with Gasteiger partial charge in [0.1, 0.15) is 12.6 Å². The summed E-state index contributed by atoms with van der Waals surface area (Å²) in [5.41, 5.74) is 3.48. The molecule has 0 aromatic heterocycles. The Bertz CT molecular complexity index is 686. The Morgan fingerprint density at radius 3 is 2.55 bits per heavy atom. The van der Waals surface area contributed by atoms with E-state index < -0.39 is 0 Å². The maximum atomic E-state index is 12.1. The van der Waals surface area contributed by atoms with Crippen LogP contribution in [0.15, 0.2) is 48.5 Å². The number of carbonyl (C=O) groups excluding carboxylic acids is 1. The van der Waals surface area contributed by atoms with E-state index in [9.17, 15) is 4.79 Å². The molecule has 2 aromatic rings. The number of quaternary nitrogens is 1. The topological polar surface area (TPSA) is 57.3 Å². The van der Waals surface area contributed by atoms with Crippen LogP contribution >= 0.6 is 0 Å². The number of carbonyl (C=O) groups is 1. The summed E-state index contributed by atoms with van der Waals surface area (Å²) < 4.78 is 0. The third-order valence-electron chi connectivity index (χ3n) is 3.41. The molecule has 1 unspecified atom stereocenters. The van der Waals surface area contributed by atoms with E-state index in [4.69, 9.17) is 5.26 Å². The van der Waals surface area contributed by atoms with Gasteiger partial charge in [-0.25, -0.2) is 0 Å². The maximum absolute atomic E-state index is 12.1. The molecule has 0 fully saturated rings. The predicted octanol–water partition coefficient (Wildman–Crippen LogP) is 1.52. The maximum Gasteiger partial charge on any atom is 0.279 e. The molecule has 2 N–H and O–H groups in total. The lowest BCUT2D eigenvalue weighted by Crippen LogP contribution is -3.08. The van der Waals surface area contributed by atoms with Crippen molar-refractivity contribution in [2.45, 2.75) is 13.5 Å². The third kappa shape index (κ3) is 4.44. The van der Waals surface area contributed by atoms with Crippen LogP contribution in [0.1, 0.15) is 16.7 Å². The zero-order chi connectivity index (χ0) is 15.9. The first kappa shape index (κ1) is 15.7. The van der Waals surface area contributed by atoms with E-state index in [1.54, 1.807) is 24.3 Å². The molecular weight excluding hydrogens is 274 g/mol. The van der Waals surface area contributed by atoms with Crippen LogP contribution < -0.4 is 10.2 Å². The van der Waals surface area contributed by atoms with E-state index in [2.05, 4.69) is 42.6 Å². The van der Waals surface area contributed by atoms with Gasteiger partial charge in [0.05, 0.1) is 18.3 Å². The fourth-order valence-electron chi connectivity index (χ4n) is 2.27. The number of nitrogens with zero attached hydrogens (tertiary/aromatic N) is 1. The molecule has 0 spiro atoms. The van der Waals surface area contributed by atoms with Crippen molar-refractivity contribution in [3.63, 3.8) is 0 Å². The summed E-state index contributed by atoms with van der Waals surface area (Å²) in [6.45, 7) is 3.20. The van der Waals surface area contributed by atoms with Crippen LogP contribution in [-0.2, 0) is 11.3 Å². The summed E-state index contributed by atoms with van der Waals surface area (Å²) in [5, 5.41) is 11.8. The minimum absolute atomic E-state index is 0.0905. The van der Waals surface area contributed by atoms with Crippen LogP contribution in [0.5, 0.6) is 0 Å². The molecule has 0 bridgehead atoms. The van der Waals surface area contributed by atoms with Gasteiger partial charge in [-0.1, -0.05) is 42.0 Å². The lowest BCUT2D eigenvalue weighted by molar-refractivity contribution is -0.885. The zero-order valence-electron chi connectivity index (χ0n) is 12.9. The summed E-state index contributed by atoms with van der Waals surface area (Å²) in [6, 6.07) is 17.4. The lowest BCUT2D eigenvalue weighted by atomic mass is 10.1. The van der Waals surface area contributed by atoms with Crippen molar-refractivity contribution in [3.05, 3.63) is 65.2 Å². The first-order valence-electron chi connectivity index (χ1n) is 7.24. The van der Waals surface area contributed by atoms with Crippen molar-refractivity contribution in [2.75, 3.05) is 18.9 Å². The zero-order valence-corrected chi connectivity index (χ0v) is 12.9. The van der Waals surface area contributed by atoms with E-state index in [0.717, 1.165) is 11.4 Å². The molecular formula is C18H20N3O+. The number of hydrogen-bond acceptors (Lipinski definition) is 2. The smallest absolute Gasteiger partial charge is 0.279 e. The number of anilines is 1. The van der Waals surface area contributed by atoms with Crippen LogP contribution in [0.2, 0.25) is 0 Å². The van der Waals surface area contributed by atoms with Gasteiger partial charge >= 0.3 is 0 Å². The predicted molar refractivity (Wildman–Crippen MR) is 86.4 cm³/mol. The number of nitriles is 1. The number of benzene rings is 2. The fraction of sp³-hybridized carbons (Fsp3) is 0.222. The number of amides is 1. The Morgan fingerprint density at radius 2 is 1.86 bits per heavy atom. The Kier molecular flexibility index (Phi) is 5.29. The van der Waals surface area contributed by atoms with Gasteiger partial charge in [0.2, 0.25) is 0 Å². The molecule has 0 saturated heterocycles. The van der Waals surface area contributed by atoms with Gasteiger partial charge in [0.25, 0.3) is 5.91 Å². The average Bonchev–Trinajstić information content (AvgIpc) is 2.50. The third-order valence-corrected chi connectivity index (χ3v) is 3.41. The second kappa shape index (κ2) is 7.39. The van der Waals surface area contributed by atoms with Gasteiger partial charge < -0.3 is 10.2 Å². The van der Waals surface area contributed by atoms with Crippen molar-refractivity contribution >= 4 is 11.6 Å². The van der Waals surface area contributed by atoms with Crippen LogP contribution in [0.3, 0.4) is 0 Å². The number of rotatable bonds is 5. The molecule has 0 radical (unpaired) electrons. The molecule has 0 aliphatic rings. The van der Waals surface area contributed by atoms with E-state index in [-0.39, 0.29) is 5.91 Å². The van der Waals surface area contributed by atoms with Crippen molar-refractivity contribution < 1.29 is 9.69 Å². The summed E-state index contributed by atoms with van der Waals surface area (Å²) >= 11 is 0. The number of nitrogens with one attached hydrogen (secondary N) is 2. The highest BCUT2D eigenvalue weighted by Gasteiger charge is 2.12. The SMILES string of the molecule is Cc1ccc(C[NH+](C)CC(=O)Nc2ccccc2C#N)cc1. The molecule has 1 amide bonds. The normalized spacial score (nSPS) is 11.5. The second-order valence-electron chi connectivity index (χ2n) is 5.50. The van der Waals surface area contributed by atoms with Crippen molar-refractivity contribution in [1.82, 2.24) is 0 Å². The molecule has 112 valence electrons. The Labute approximate surface area is 131 Å². The highest BCUT2D eigenvalue weighted by atomic mass is 16.2. The standard InChI is InChI=1S/C18H19N3O/c1-14-7-9-15(10-8-14)12-21(2)13-18(22)20-17-6-4-3-5-16(17)11-19/h3-10H,12-13H2,1-2H3,(H,20,22)/p+1. The largest absolute Gasteiger partial charge is 0.326 e. The molecule has 2 rings (SSSR count). The summed E-state index contributed by atoms with van der Waals surface area (Å²) in [7, 11) is 1.98. The van der Waals surface area contributed by atoms with E-state index in [1.807, 2.05) is 7.05 Å². The number of para-hydroxylation sites is 1. The summed E-state index contributed by atoms with van der Waals surface area (Å²) in [4.78, 5) is 13.2. The van der Waals surface area contributed by atoms with Crippen LogP contribution in [0.4, 0.5) is 5.69 Å². The minimum atomic E-state index is -0.0905. The van der Waals surface area contributed by atoms with Gasteiger partial charge in [-0.15, -0.1) is 0 Å². The number of likely N-dealkylation sites (N-methyl/N-ethyl adjacent to an activating group) is 1. The summed E-state index contributed by atoms with van der Waals surface area (Å²) in [5.74, 6) is -0.0905. The molecule has 22 heavy (non-hydrogen) atoms. The molecule has 4 nitrogen and oxygen atoms in total. The van der Waals surface area contributed by atoms with Gasteiger partial charge in [-0.3, -0.25) is 4.79 Å². The fourth-order valence-corrected chi connectivity index (χ4v) is 2.27. The molecule has 1 atom stereocenters. The Morgan fingerprint density at radius 1 is 1.18 bits per heavy atom. The quantitative estimate of drug-likeness (QED) is 0.878. The molecule has 0 aliphatic carbocycles. The highest BCUT2D eigenvalue weighted by molar-refractivity contribution is 5.92. The average molecular weight is 294 g/mol. The molecule has 0 aliphatic heterocycles. The first-order chi connectivity index (χ1) is 10.6. The van der Waals surface area contributed by atoms with Crippen LogP contribution in [-0.4, -0.2) is 19.5 Å². The summed E-state index contributed by atoms with van der Waals surface area (Å²) in [6.07, 6.45) is 0. The van der Waals surface area contributed by atoms with E-state index >= 15 is 0 Å². The molecule has 2 aromatic carbocycles. The van der Waals surface area contributed by atoms with Crippen LogP contribution in [0, 0.1) is 18.3 Å². The van der Waals surface area contributed by atoms with Gasteiger partial charge in [0, 0.05) is 5.56 Å². The molecule has 0 heterocycles. The molecule has 4 heteroatoms. The minimum Gasteiger partial charge on any atom is -0.326 e. The highest BCUT2D eigenvalue weighted by Crippen LogP contribution is 2.12. The van der Waals surface area contributed by atoms with Crippen LogP contribution in [0.25, 0.3) is 0 Å². The van der Waals surface area contributed by atoms with Gasteiger partial charge in [0.15, 0.2) is 6.54 Å². The number of hydrogen-bond donors (Lipinski definition) is 2. The van der Waals surface area contributed by atoms with Crippen molar-refractivity contribution in [3.8, 4) is 6.07 Å². The lowest BCUT2D eigenvalue weighted by Gasteiger charge is -2.14. The monoisotopic (exact) mass is 294 g/mol. The first-order valence-corrected chi connectivity index (χ1v) is 7.24. The van der Waals surface area contributed by atoms with Gasteiger partial charge in [-0.05, 0) is 19.1 Å². The van der Waals surface area contributed by atoms with Gasteiger partial charge in [-0.2, -0.15) is 5.26 Å². The van der Waals surface area contributed by atoms with Crippen molar-refractivity contribution in [2.24, 2.45) is 0 Å². The Hall–Kier alpha value is -2.64. The van der Waals surface area contributed by atoms with E-state index in [1.165, 1.54) is 11.1 Å². The number of aryl methyl sites for hydroxylation is 1.